The molecule has 1 aromatic rings. The third-order valence-electron chi connectivity index (χ3n) is 3.84. The number of thiocarbonyl (C=S) groups is 1. The molecule has 1 aliphatic heterocycles. The lowest BCUT2D eigenvalue weighted by Crippen LogP contribution is -2.23. The van der Waals surface area contributed by atoms with Crippen molar-refractivity contribution in [3.8, 4) is 0 Å². The Kier molecular flexibility index (Phi) is 5.25. The van der Waals surface area contributed by atoms with Crippen LogP contribution in [0.3, 0.4) is 0 Å². The van der Waals surface area contributed by atoms with Crippen LogP contribution in [0.25, 0.3) is 0 Å². The molecule has 1 fully saturated rings. The quantitative estimate of drug-likeness (QED) is 0.614. The van der Waals surface area contributed by atoms with Crippen LogP contribution in [0.5, 0.6) is 0 Å². The topological polar surface area (TPSA) is 67.1 Å². The van der Waals surface area contributed by atoms with Crippen LogP contribution >= 0.6 is 12.2 Å². The van der Waals surface area contributed by atoms with Gasteiger partial charge in [0.25, 0.3) is 0 Å². The third kappa shape index (κ3) is 3.64. The fraction of sp³-hybridized carbons (Fsp3) is 0.643. The minimum atomic E-state index is 0.377. The Morgan fingerprint density at radius 1 is 1.30 bits per heavy atom. The van der Waals surface area contributed by atoms with Crippen molar-refractivity contribution in [3.05, 3.63) is 16.8 Å². The summed E-state index contributed by atoms with van der Waals surface area (Å²) in [6.07, 6.45) is 3.76. The van der Waals surface area contributed by atoms with Crippen molar-refractivity contribution in [3.63, 3.8) is 0 Å². The van der Waals surface area contributed by atoms with Gasteiger partial charge in [-0.1, -0.05) is 12.2 Å². The zero-order chi connectivity index (χ0) is 14.5. The summed E-state index contributed by atoms with van der Waals surface area (Å²) < 4.78 is 0. The molecular formula is C14H23N5S. The van der Waals surface area contributed by atoms with E-state index >= 15 is 0 Å². The van der Waals surface area contributed by atoms with Gasteiger partial charge in [-0.2, -0.15) is 5.10 Å². The Morgan fingerprint density at radius 2 is 2.00 bits per heavy atom. The summed E-state index contributed by atoms with van der Waals surface area (Å²) in [4.78, 5) is 2.88. The van der Waals surface area contributed by atoms with Gasteiger partial charge in [0.05, 0.1) is 11.3 Å². The standard InChI is InChI=1S/C14H23N5S/c1-10-11(2)17-18-14(12(10)13(15)20)16-6-5-9-19-7-3-4-8-19/h3-9H2,1-2H3,(H2,15,20)(H,16,18). The molecule has 0 amide bonds. The molecule has 1 aliphatic rings. The lowest BCUT2D eigenvalue weighted by molar-refractivity contribution is 0.337. The maximum absolute atomic E-state index is 5.80. The molecule has 0 atom stereocenters. The van der Waals surface area contributed by atoms with E-state index in [-0.39, 0.29) is 0 Å². The number of nitrogens with one attached hydrogen (secondary N) is 1. The summed E-state index contributed by atoms with van der Waals surface area (Å²) in [5.74, 6) is 0.710. The lowest BCUT2D eigenvalue weighted by atomic mass is 10.1. The average molecular weight is 293 g/mol. The highest BCUT2D eigenvalue weighted by Crippen LogP contribution is 2.18. The third-order valence-corrected chi connectivity index (χ3v) is 4.05. The first-order valence-corrected chi connectivity index (χ1v) is 7.60. The maximum Gasteiger partial charge on any atom is 0.159 e. The Morgan fingerprint density at radius 3 is 2.65 bits per heavy atom. The van der Waals surface area contributed by atoms with Crippen LogP contribution in [0, 0.1) is 13.8 Å². The van der Waals surface area contributed by atoms with Gasteiger partial charge in [0.2, 0.25) is 0 Å². The van der Waals surface area contributed by atoms with E-state index in [1.165, 1.54) is 25.9 Å². The van der Waals surface area contributed by atoms with Crippen LogP contribution in [-0.2, 0) is 0 Å². The molecular weight excluding hydrogens is 270 g/mol. The Bertz CT molecular complexity index is 483. The van der Waals surface area contributed by atoms with Crippen LogP contribution in [0.2, 0.25) is 0 Å². The first kappa shape index (κ1) is 15.1. The molecule has 0 radical (unpaired) electrons. The van der Waals surface area contributed by atoms with Crippen LogP contribution in [0.1, 0.15) is 36.1 Å². The van der Waals surface area contributed by atoms with Crippen LogP contribution in [0.4, 0.5) is 5.82 Å². The first-order valence-electron chi connectivity index (χ1n) is 7.19. The van der Waals surface area contributed by atoms with Crippen LogP contribution in [0.15, 0.2) is 0 Å². The van der Waals surface area contributed by atoms with E-state index in [1.807, 2.05) is 13.8 Å². The van der Waals surface area contributed by atoms with Crippen molar-refractivity contribution in [1.82, 2.24) is 15.1 Å². The molecule has 2 rings (SSSR count). The number of aromatic nitrogens is 2. The van der Waals surface area contributed by atoms with Gasteiger partial charge in [-0.05, 0) is 58.3 Å². The summed E-state index contributed by atoms with van der Waals surface area (Å²) in [6.45, 7) is 8.37. The molecule has 5 nitrogen and oxygen atoms in total. The minimum absolute atomic E-state index is 0.377. The molecule has 0 unspecified atom stereocenters. The number of hydrogen-bond acceptors (Lipinski definition) is 5. The smallest absolute Gasteiger partial charge is 0.159 e. The van der Waals surface area contributed by atoms with Crippen molar-refractivity contribution in [2.75, 3.05) is 31.5 Å². The fourth-order valence-corrected chi connectivity index (χ4v) is 2.80. The zero-order valence-electron chi connectivity index (χ0n) is 12.3. The summed E-state index contributed by atoms with van der Waals surface area (Å²) in [5, 5.41) is 11.6. The predicted octanol–water partition coefficient (Wildman–Crippen LogP) is 1.63. The molecule has 1 saturated heterocycles. The maximum atomic E-state index is 5.80. The highest BCUT2D eigenvalue weighted by atomic mass is 32.1. The van der Waals surface area contributed by atoms with Crippen molar-refractivity contribution >= 4 is 23.0 Å². The molecule has 6 heteroatoms. The van der Waals surface area contributed by atoms with E-state index in [2.05, 4.69) is 20.4 Å². The zero-order valence-corrected chi connectivity index (χ0v) is 13.1. The lowest BCUT2D eigenvalue weighted by Gasteiger charge is -2.16. The molecule has 0 aliphatic carbocycles. The van der Waals surface area contributed by atoms with E-state index in [9.17, 15) is 0 Å². The summed E-state index contributed by atoms with van der Waals surface area (Å²) in [7, 11) is 0. The molecule has 1 aromatic heterocycles. The normalized spacial score (nSPS) is 15.5. The van der Waals surface area contributed by atoms with E-state index < -0.39 is 0 Å². The van der Waals surface area contributed by atoms with Gasteiger partial charge in [-0.3, -0.25) is 0 Å². The molecule has 0 spiro atoms. The van der Waals surface area contributed by atoms with E-state index in [0.29, 0.717) is 10.8 Å². The number of likely N-dealkylation sites (tertiary alicyclic amines) is 1. The fourth-order valence-electron chi connectivity index (χ4n) is 2.55. The number of rotatable bonds is 6. The van der Waals surface area contributed by atoms with Crippen molar-refractivity contribution < 1.29 is 0 Å². The number of hydrogen-bond donors (Lipinski definition) is 2. The van der Waals surface area contributed by atoms with Crippen molar-refractivity contribution in [2.24, 2.45) is 5.73 Å². The van der Waals surface area contributed by atoms with E-state index in [1.54, 1.807) is 0 Å². The first-order chi connectivity index (χ1) is 9.59. The Labute approximate surface area is 125 Å². The average Bonchev–Trinajstić information content (AvgIpc) is 2.91. The number of anilines is 1. The monoisotopic (exact) mass is 293 g/mol. The van der Waals surface area contributed by atoms with Gasteiger partial charge < -0.3 is 16.0 Å². The van der Waals surface area contributed by atoms with Crippen LogP contribution in [-0.4, -0.2) is 46.3 Å². The predicted molar refractivity (Wildman–Crippen MR) is 86.2 cm³/mol. The SMILES string of the molecule is Cc1nnc(NCCCN2CCCC2)c(C(N)=S)c1C. The molecule has 20 heavy (non-hydrogen) atoms. The largest absolute Gasteiger partial charge is 0.389 e. The van der Waals surface area contributed by atoms with Crippen LogP contribution < -0.4 is 11.1 Å². The Balaban J connectivity index is 1.91. The second-order valence-electron chi connectivity index (χ2n) is 5.33. The van der Waals surface area contributed by atoms with Gasteiger partial charge in [0.15, 0.2) is 5.82 Å². The minimum Gasteiger partial charge on any atom is -0.389 e. The van der Waals surface area contributed by atoms with Gasteiger partial charge in [0.1, 0.15) is 4.99 Å². The summed E-state index contributed by atoms with van der Waals surface area (Å²) in [6, 6.07) is 0. The molecule has 0 aromatic carbocycles. The van der Waals surface area contributed by atoms with Gasteiger partial charge >= 0.3 is 0 Å². The number of nitrogens with two attached hydrogens (primary N) is 1. The van der Waals surface area contributed by atoms with E-state index in [0.717, 1.165) is 36.3 Å². The van der Waals surface area contributed by atoms with Crippen molar-refractivity contribution in [2.45, 2.75) is 33.1 Å². The molecule has 0 saturated carbocycles. The Hall–Kier alpha value is -1.27. The van der Waals surface area contributed by atoms with Crippen molar-refractivity contribution in [1.29, 1.82) is 0 Å². The molecule has 2 heterocycles. The molecule has 3 N–H and O–H groups in total. The summed E-state index contributed by atoms with van der Waals surface area (Å²) in [5.41, 5.74) is 8.51. The second kappa shape index (κ2) is 6.95. The highest BCUT2D eigenvalue weighted by Gasteiger charge is 2.14. The highest BCUT2D eigenvalue weighted by molar-refractivity contribution is 7.80. The number of aryl methyl sites for hydroxylation is 1. The summed E-state index contributed by atoms with van der Waals surface area (Å²) >= 11 is 5.12. The number of nitrogens with zero attached hydrogens (tertiary/aromatic N) is 3. The second-order valence-corrected chi connectivity index (χ2v) is 5.77. The van der Waals surface area contributed by atoms with Gasteiger partial charge in [-0.25, -0.2) is 0 Å². The van der Waals surface area contributed by atoms with Gasteiger partial charge in [-0.15, -0.1) is 5.10 Å². The van der Waals surface area contributed by atoms with E-state index in [4.69, 9.17) is 18.0 Å². The molecule has 0 bridgehead atoms. The molecule has 110 valence electrons. The van der Waals surface area contributed by atoms with Gasteiger partial charge in [0, 0.05) is 6.54 Å².